The summed E-state index contributed by atoms with van der Waals surface area (Å²) < 4.78 is 4.72. The Bertz CT molecular complexity index is 810. The quantitative estimate of drug-likeness (QED) is 0.0875. The Hall–Kier alpha value is -3.19. The van der Waals surface area contributed by atoms with Crippen LogP contribution in [-0.4, -0.2) is 62.5 Å². The maximum Gasteiger partial charge on any atom is 0.330 e. The zero-order valence-corrected chi connectivity index (χ0v) is 23.7. The Morgan fingerprint density at radius 2 is 1.24 bits per heavy atom. The molecule has 0 aromatic carbocycles. The van der Waals surface area contributed by atoms with E-state index in [0.29, 0.717) is 32.6 Å². The molecule has 0 saturated carbocycles. The third-order valence-corrected chi connectivity index (χ3v) is 5.20. The minimum absolute atomic E-state index is 0.0585. The van der Waals surface area contributed by atoms with Gasteiger partial charge in [-0.15, -0.1) is 0 Å². The molecule has 0 aromatic heterocycles. The van der Waals surface area contributed by atoms with Crippen LogP contribution in [0.25, 0.3) is 0 Å². The predicted molar refractivity (Wildman–Crippen MR) is 158 cm³/mol. The highest BCUT2D eigenvalue weighted by molar-refractivity contribution is 5.94. The summed E-state index contributed by atoms with van der Waals surface area (Å²) in [7, 11) is 1.92. The van der Waals surface area contributed by atoms with Gasteiger partial charge in [-0.3, -0.25) is 9.59 Å². The summed E-state index contributed by atoms with van der Waals surface area (Å²) in [6.07, 6.45) is 31.3. The fraction of sp³-hybridized carbons (Fsp3) is 0.516. The average Bonchev–Trinajstić information content (AvgIpc) is 2.89. The number of nitrogens with one attached hydrogen (secondary N) is 2. The SMILES string of the molecule is CCC=CCC=CCC=CCC=CCC=CCCCC(=O)NCCN(C)CCNC(=O)C=CC(=O)OCC. The second-order valence-electron chi connectivity index (χ2n) is 8.63. The van der Waals surface area contributed by atoms with Crippen LogP contribution in [0.4, 0.5) is 0 Å². The van der Waals surface area contributed by atoms with Crippen LogP contribution < -0.4 is 10.6 Å². The summed E-state index contributed by atoms with van der Waals surface area (Å²) in [5.41, 5.74) is 0. The minimum atomic E-state index is -0.534. The summed E-state index contributed by atoms with van der Waals surface area (Å²) >= 11 is 0. The number of unbranched alkanes of at least 4 members (excludes halogenated alkanes) is 1. The number of carbonyl (C=O) groups is 3. The molecule has 0 aromatic rings. The molecule has 38 heavy (non-hydrogen) atoms. The van der Waals surface area contributed by atoms with Gasteiger partial charge in [0.1, 0.15) is 0 Å². The lowest BCUT2D eigenvalue weighted by Crippen LogP contribution is -2.37. The first-order valence-electron chi connectivity index (χ1n) is 13.8. The van der Waals surface area contributed by atoms with E-state index in [4.69, 9.17) is 4.74 Å². The highest BCUT2D eigenvalue weighted by Gasteiger charge is 2.03. The lowest BCUT2D eigenvalue weighted by atomic mass is 10.2. The molecule has 0 heterocycles. The van der Waals surface area contributed by atoms with Crippen molar-refractivity contribution >= 4 is 17.8 Å². The first-order valence-corrected chi connectivity index (χ1v) is 13.8. The molecule has 0 aliphatic heterocycles. The number of allylic oxidation sites excluding steroid dienone is 10. The van der Waals surface area contributed by atoms with Gasteiger partial charge < -0.3 is 20.3 Å². The number of likely N-dealkylation sites (N-methyl/N-ethyl adjacent to an activating group) is 1. The van der Waals surface area contributed by atoms with Crippen molar-refractivity contribution in [2.45, 2.75) is 65.2 Å². The first-order chi connectivity index (χ1) is 18.5. The van der Waals surface area contributed by atoms with Crippen molar-refractivity contribution in [3.63, 3.8) is 0 Å². The van der Waals surface area contributed by atoms with E-state index in [1.54, 1.807) is 6.92 Å². The Kier molecular flexibility index (Phi) is 24.6. The molecule has 2 amide bonds. The first kappa shape index (κ1) is 34.8. The van der Waals surface area contributed by atoms with Crippen LogP contribution in [0.3, 0.4) is 0 Å². The van der Waals surface area contributed by atoms with E-state index < -0.39 is 5.97 Å². The normalized spacial score (nSPS) is 12.3. The number of nitrogens with zero attached hydrogens (tertiary/aromatic N) is 1. The van der Waals surface area contributed by atoms with Crippen molar-refractivity contribution in [3.05, 3.63) is 72.9 Å². The van der Waals surface area contributed by atoms with Crippen molar-refractivity contribution in [2.75, 3.05) is 39.8 Å². The van der Waals surface area contributed by atoms with E-state index in [2.05, 4.69) is 78.3 Å². The molecule has 0 spiro atoms. The lowest BCUT2D eigenvalue weighted by Gasteiger charge is -2.16. The van der Waals surface area contributed by atoms with Gasteiger partial charge in [-0.2, -0.15) is 0 Å². The topological polar surface area (TPSA) is 87.7 Å². The molecular weight excluding hydrogens is 478 g/mol. The van der Waals surface area contributed by atoms with E-state index in [9.17, 15) is 14.4 Å². The number of hydrogen-bond donors (Lipinski definition) is 2. The Labute approximate surface area is 230 Å². The summed E-state index contributed by atoms with van der Waals surface area (Å²) in [6, 6.07) is 0. The Morgan fingerprint density at radius 3 is 1.79 bits per heavy atom. The molecule has 7 heteroatoms. The Morgan fingerprint density at radius 1 is 0.711 bits per heavy atom. The van der Waals surface area contributed by atoms with Crippen molar-refractivity contribution in [1.29, 1.82) is 0 Å². The number of amides is 2. The van der Waals surface area contributed by atoms with Gasteiger partial charge >= 0.3 is 5.97 Å². The zero-order chi connectivity index (χ0) is 28.1. The van der Waals surface area contributed by atoms with Crippen LogP contribution in [0.5, 0.6) is 0 Å². The minimum Gasteiger partial charge on any atom is -0.463 e. The number of rotatable bonds is 22. The van der Waals surface area contributed by atoms with Gasteiger partial charge in [0.25, 0.3) is 0 Å². The van der Waals surface area contributed by atoms with Crippen molar-refractivity contribution in [3.8, 4) is 0 Å². The maximum atomic E-state index is 12.0. The summed E-state index contributed by atoms with van der Waals surface area (Å²) in [6.45, 7) is 6.46. The summed E-state index contributed by atoms with van der Waals surface area (Å²) in [5, 5.41) is 5.64. The molecule has 212 valence electrons. The van der Waals surface area contributed by atoms with E-state index >= 15 is 0 Å². The van der Waals surface area contributed by atoms with Gasteiger partial charge in [0.05, 0.1) is 6.61 Å². The van der Waals surface area contributed by atoms with Crippen molar-refractivity contribution in [2.24, 2.45) is 0 Å². The highest BCUT2D eigenvalue weighted by atomic mass is 16.5. The van der Waals surface area contributed by atoms with Crippen LogP contribution in [0.2, 0.25) is 0 Å². The second-order valence-corrected chi connectivity index (χ2v) is 8.63. The van der Waals surface area contributed by atoms with Gasteiger partial charge in [-0.05, 0) is 58.9 Å². The third-order valence-electron chi connectivity index (χ3n) is 5.20. The van der Waals surface area contributed by atoms with Crippen LogP contribution >= 0.6 is 0 Å². The molecule has 2 N–H and O–H groups in total. The third kappa shape index (κ3) is 25.9. The highest BCUT2D eigenvalue weighted by Crippen LogP contribution is 1.99. The standard InChI is InChI=1S/C31H49N3O4/c1-4-6-7-8-9-10-11-12-13-14-15-16-17-18-19-20-21-22-29(35)32-25-27-34(3)28-26-33-30(36)23-24-31(37)38-5-2/h6-7,9-10,12-13,15-16,18-19,23-24H,4-5,8,11,14,17,20-22,25-28H2,1-3H3,(H,32,35)(H,33,36). The molecule has 7 nitrogen and oxygen atoms in total. The van der Waals surface area contributed by atoms with Crippen LogP contribution in [-0.2, 0) is 19.1 Å². The maximum absolute atomic E-state index is 12.0. The molecule has 0 aliphatic carbocycles. The monoisotopic (exact) mass is 527 g/mol. The molecule has 0 aliphatic rings. The molecule has 0 atom stereocenters. The van der Waals surface area contributed by atoms with Crippen molar-refractivity contribution in [1.82, 2.24) is 15.5 Å². The summed E-state index contributed by atoms with van der Waals surface area (Å²) in [5.74, 6) is -0.816. The molecule has 0 rings (SSSR count). The smallest absolute Gasteiger partial charge is 0.330 e. The number of esters is 1. The van der Waals surface area contributed by atoms with E-state index in [1.165, 1.54) is 0 Å². The Balaban J connectivity index is 3.68. The van der Waals surface area contributed by atoms with E-state index in [1.807, 2.05) is 11.9 Å². The van der Waals surface area contributed by atoms with Crippen molar-refractivity contribution < 1.29 is 19.1 Å². The fourth-order valence-corrected chi connectivity index (χ4v) is 3.10. The zero-order valence-electron chi connectivity index (χ0n) is 23.7. The summed E-state index contributed by atoms with van der Waals surface area (Å²) in [4.78, 5) is 36.8. The van der Waals surface area contributed by atoms with Crippen LogP contribution in [0.15, 0.2) is 72.9 Å². The molecule has 0 unspecified atom stereocenters. The largest absolute Gasteiger partial charge is 0.463 e. The molecule has 0 saturated heterocycles. The predicted octanol–water partition coefficient (Wildman–Crippen LogP) is 5.19. The van der Waals surface area contributed by atoms with Gasteiger partial charge in [0.2, 0.25) is 11.8 Å². The molecule has 0 radical (unpaired) electrons. The van der Waals surface area contributed by atoms with Crippen LogP contribution in [0.1, 0.15) is 65.2 Å². The van der Waals surface area contributed by atoms with Gasteiger partial charge in [-0.25, -0.2) is 4.79 Å². The number of carbonyl (C=O) groups excluding carboxylic acids is 3. The molecular formula is C31H49N3O4. The van der Waals surface area contributed by atoms with E-state index in [-0.39, 0.29) is 18.4 Å². The molecule has 0 bridgehead atoms. The van der Waals surface area contributed by atoms with Crippen LogP contribution in [0, 0.1) is 0 Å². The van der Waals surface area contributed by atoms with Gasteiger partial charge in [0.15, 0.2) is 0 Å². The average molecular weight is 528 g/mol. The fourth-order valence-electron chi connectivity index (χ4n) is 3.10. The molecule has 0 fully saturated rings. The lowest BCUT2D eigenvalue weighted by molar-refractivity contribution is -0.137. The van der Waals surface area contributed by atoms with E-state index in [0.717, 1.165) is 57.1 Å². The number of ether oxygens (including phenoxy) is 1. The van der Waals surface area contributed by atoms with Gasteiger partial charge in [0, 0.05) is 44.8 Å². The second kappa shape index (κ2) is 26.9. The van der Waals surface area contributed by atoms with Gasteiger partial charge in [-0.1, -0.05) is 67.7 Å². The number of hydrogen-bond acceptors (Lipinski definition) is 5.